The van der Waals surface area contributed by atoms with Crippen LogP contribution >= 0.6 is 0 Å². The fourth-order valence-electron chi connectivity index (χ4n) is 2.03. The first-order valence-corrected chi connectivity index (χ1v) is 8.37. The van der Waals surface area contributed by atoms with E-state index in [1.165, 1.54) is 4.90 Å². The van der Waals surface area contributed by atoms with E-state index in [9.17, 15) is 18.0 Å². The monoisotopic (exact) mass is 290 g/mol. The molecule has 0 saturated carbocycles. The lowest BCUT2D eigenvalue weighted by Crippen LogP contribution is -2.60. The summed E-state index contributed by atoms with van der Waals surface area (Å²) >= 11 is 0. The Labute approximate surface area is 114 Å². The van der Waals surface area contributed by atoms with E-state index in [0.29, 0.717) is 6.42 Å². The molecule has 0 aliphatic carbocycles. The third kappa shape index (κ3) is 4.49. The van der Waals surface area contributed by atoms with Crippen LogP contribution in [0.5, 0.6) is 0 Å². The average Bonchev–Trinajstić information content (AvgIpc) is 2.29. The molecular formula is C12H22N2O4S. The molecule has 110 valence electrons. The first kappa shape index (κ1) is 15.9. The highest BCUT2D eigenvalue weighted by molar-refractivity contribution is 7.91. The van der Waals surface area contributed by atoms with Gasteiger partial charge < -0.3 is 10.2 Å². The highest BCUT2D eigenvalue weighted by Gasteiger charge is 2.34. The van der Waals surface area contributed by atoms with E-state index in [2.05, 4.69) is 5.32 Å². The maximum atomic E-state index is 12.1. The zero-order valence-electron chi connectivity index (χ0n) is 11.7. The molecule has 0 aromatic rings. The third-order valence-electron chi connectivity index (χ3n) is 3.08. The predicted octanol–water partition coefficient (Wildman–Crippen LogP) is -0.206. The van der Waals surface area contributed by atoms with Crippen LogP contribution in [0.4, 0.5) is 0 Å². The van der Waals surface area contributed by atoms with Gasteiger partial charge in [-0.15, -0.1) is 0 Å². The molecule has 1 aliphatic rings. The lowest BCUT2D eigenvalue weighted by atomic mass is 10.0. The van der Waals surface area contributed by atoms with Crippen LogP contribution in [-0.4, -0.2) is 55.8 Å². The first-order chi connectivity index (χ1) is 8.76. The Kier molecular flexibility index (Phi) is 5.34. The Hall–Kier alpha value is -1.11. The molecule has 2 amide bonds. The summed E-state index contributed by atoms with van der Waals surface area (Å²) in [5.74, 6) is -0.390. The summed E-state index contributed by atoms with van der Waals surface area (Å²) in [6, 6.07) is -0.546. The smallest absolute Gasteiger partial charge is 0.245 e. The summed E-state index contributed by atoms with van der Waals surface area (Å²) in [7, 11) is -3.14. The molecule has 6 nitrogen and oxygen atoms in total. The molecule has 1 fully saturated rings. The van der Waals surface area contributed by atoms with Gasteiger partial charge in [-0.05, 0) is 12.3 Å². The van der Waals surface area contributed by atoms with Gasteiger partial charge in [-0.2, -0.15) is 0 Å². The molecule has 0 radical (unpaired) electrons. The molecule has 1 atom stereocenters. The molecule has 1 saturated heterocycles. The Morgan fingerprint density at radius 3 is 2.47 bits per heavy atom. The minimum atomic E-state index is -3.14. The molecule has 7 heteroatoms. The molecule has 19 heavy (non-hydrogen) atoms. The van der Waals surface area contributed by atoms with Crippen molar-refractivity contribution in [2.75, 3.05) is 24.6 Å². The van der Waals surface area contributed by atoms with Crippen molar-refractivity contribution in [3.63, 3.8) is 0 Å². The van der Waals surface area contributed by atoms with Crippen molar-refractivity contribution in [2.24, 2.45) is 5.92 Å². The molecule has 0 bridgehead atoms. The fourth-order valence-corrected chi connectivity index (χ4v) is 3.36. The number of hydrogen-bond donors (Lipinski definition) is 1. The van der Waals surface area contributed by atoms with Crippen molar-refractivity contribution in [3.8, 4) is 0 Å². The number of amides is 2. The van der Waals surface area contributed by atoms with Gasteiger partial charge in [0.05, 0.1) is 12.3 Å². The van der Waals surface area contributed by atoms with Crippen molar-refractivity contribution in [1.82, 2.24) is 10.2 Å². The van der Waals surface area contributed by atoms with Crippen LogP contribution in [0.15, 0.2) is 0 Å². The van der Waals surface area contributed by atoms with Gasteiger partial charge in [0, 0.05) is 12.3 Å². The molecule has 0 spiro atoms. The maximum absolute atomic E-state index is 12.1. The van der Waals surface area contributed by atoms with Gasteiger partial charge >= 0.3 is 0 Å². The van der Waals surface area contributed by atoms with Crippen LogP contribution in [0.2, 0.25) is 0 Å². The fraction of sp³-hybridized carbons (Fsp3) is 0.833. The number of hydrogen-bond acceptors (Lipinski definition) is 4. The van der Waals surface area contributed by atoms with Crippen molar-refractivity contribution in [3.05, 3.63) is 0 Å². The number of nitrogens with zero attached hydrogens (tertiary/aromatic N) is 1. The van der Waals surface area contributed by atoms with E-state index >= 15 is 0 Å². The van der Waals surface area contributed by atoms with Gasteiger partial charge in [0.1, 0.15) is 6.04 Å². The van der Waals surface area contributed by atoms with E-state index in [1.54, 1.807) is 6.92 Å². The molecule has 0 aromatic carbocycles. The second kappa shape index (κ2) is 6.36. The van der Waals surface area contributed by atoms with Crippen molar-refractivity contribution < 1.29 is 18.0 Å². The van der Waals surface area contributed by atoms with Crippen LogP contribution in [0, 0.1) is 5.92 Å². The number of carbonyl (C=O) groups excluding carboxylic acids is 2. The Morgan fingerprint density at radius 2 is 1.95 bits per heavy atom. The zero-order chi connectivity index (χ0) is 14.6. The molecule has 1 unspecified atom stereocenters. The van der Waals surface area contributed by atoms with Gasteiger partial charge in [-0.1, -0.05) is 20.8 Å². The normalized spacial score (nSPS) is 20.8. The summed E-state index contributed by atoms with van der Waals surface area (Å²) in [5.41, 5.74) is 0. The van der Waals surface area contributed by atoms with Crippen LogP contribution < -0.4 is 5.32 Å². The highest BCUT2D eigenvalue weighted by atomic mass is 32.2. The van der Waals surface area contributed by atoms with Crippen LogP contribution in [-0.2, 0) is 19.4 Å². The van der Waals surface area contributed by atoms with E-state index in [0.717, 1.165) is 0 Å². The van der Waals surface area contributed by atoms with Gasteiger partial charge in [-0.3, -0.25) is 9.59 Å². The quantitative estimate of drug-likeness (QED) is 0.734. The average molecular weight is 290 g/mol. The maximum Gasteiger partial charge on any atom is 0.245 e. The van der Waals surface area contributed by atoms with Crippen molar-refractivity contribution in [2.45, 2.75) is 33.2 Å². The van der Waals surface area contributed by atoms with E-state index < -0.39 is 15.9 Å². The second-order valence-electron chi connectivity index (χ2n) is 5.20. The summed E-state index contributed by atoms with van der Waals surface area (Å²) in [5, 5.41) is 2.64. The predicted molar refractivity (Wildman–Crippen MR) is 72.3 cm³/mol. The van der Waals surface area contributed by atoms with Crippen molar-refractivity contribution >= 4 is 21.7 Å². The number of sulfone groups is 1. The standard InChI is InChI=1S/C12H22N2O4S/c1-4-6-19(17,18)7-5-14-8-10(15)13-11(9(2)3)12(14)16/h9,11H,4-8H2,1-3H3,(H,13,15). The summed E-state index contributed by atoms with van der Waals surface area (Å²) in [6.45, 7) is 5.54. The molecular weight excluding hydrogens is 268 g/mol. The summed E-state index contributed by atoms with van der Waals surface area (Å²) < 4.78 is 23.3. The van der Waals surface area contributed by atoms with E-state index in [-0.39, 0.29) is 42.3 Å². The lowest BCUT2D eigenvalue weighted by Gasteiger charge is -2.34. The Morgan fingerprint density at radius 1 is 1.32 bits per heavy atom. The van der Waals surface area contributed by atoms with E-state index in [4.69, 9.17) is 0 Å². The Balaban J connectivity index is 2.67. The van der Waals surface area contributed by atoms with Crippen LogP contribution in [0.1, 0.15) is 27.2 Å². The molecule has 1 aliphatic heterocycles. The Bertz CT molecular complexity index is 445. The molecule has 1 heterocycles. The number of rotatable bonds is 6. The summed E-state index contributed by atoms with van der Waals surface area (Å²) in [6.07, 6.45) is 0.561. The van der Waals surface area contributed by atoms with E-state index in [1.807, 2.05) is 13.8 Å². The largest absolute Gasteiger partial charge is 0.343 e. The van der Waals surface area contributed by atoms with Gasteiger partial charge in [0.2, 0.25) is 11.8 Å². The molecule has 0 aromatic heterocycles. The first-order valence-electron chi connectivity index (χ1n) is 6.55. The van der Waals surface area contributed by atoms with Gasteiger partial charge in [0.25, 0.3) is 0 Å². The van der Waals surface area contributed by atoms with Crippen LogP contribution in [0.25, 0.3) is 0 Å². The minimum absolute atomic E-state index is 0.00787. The topological polar surface area (TPSA) is 83.6 Å². The minimum Gasteiger partial charge on any atom is -0.343 e. The SMILES string of the molecule is CCCS(=O)(=O)CCN1CC(=O)NC(C(C)C)C1=O. The van der Waals surface area contributed by atoms with Gasteiger partial charge in [0.15, 0.2) is 9.84 Å². The van der Waals surface area contributed by atoms with Gasteiger partial charge in [-0.25, -0.2) is 8.42 Å². The zero-order valence-corrected chi connectivity index (χ0v) is 12.5. The summed E-state index contributed by atoms with van der Waals surface area (Å²) in [4.78, 5) is 25.0. The highest BCUT2D eigenvalue weighted by Crippen LogP contribution is 2.11. The lowest BCUT2D eigenvalue weighted by molar-refractivity contribution is -0.145. The molecule has 1 N–H and O–H groups in total. The second-order valence-corrected chi connectivity index (χ2v) is 7.50. The number of piperazine rings is 1. The number of carbonyl (C=O) groups is 2. The third-order valence-corrected chi connectivity index (χ3v) is 4.92. The molecule has 1 rings (SSSR count). The van der Waals surface area contributed by atoms with Crippen LogP contribution in [0.3, 0.4) is 0 Å². The number of nitrogens with one attached hydrogen (secondary N) is 1. The van der Waals surface area contributed by atoms with Crippen molar-refractivity contribution in [1.29, 1.82) is 0 Å².